The Labute approximate surface area is 177 Å². The van der Waals surface area contributed by atoms with E-state index in [4.69, 9.17) is 11.6 Å². The van der Waals surface area contributed by atoms with Crippen LogP contribution in [0.1, 0.15) is 18.1 Å². The molecule has 0 spiro atoms. The van der Waals surface area contributed by atoms with Crippen LogP contribution in [0.2, 0.25) is 5.02 Å². The summed E-state index contributed by atoms with van der Waals surface area (Å²) in [5, 5.41) is 13.8. The molecule has 0 aliphatic heterocycles. The number of anilines is 1. The minimum Gasteiger partial charge on any atom is -0.493 e. The highest BCUT2D eigenvalue weighted by molar-refractivity contribution is 7.99. The zero-order valence-corrected chi connectivity index (χ0v) is 17.5. The van der Waals surface area contributed by atoms with Gasteiger partial charge in [0.2, 0.25) is 11.8 Å². The summed E-state index contributed by atoms with van der Waals surface area (Å²) >= 11 is 6.93. The van der Waals surface area contributed by atoms with E-state index in [2.05, 4.69) is 10.3 Å². The van der Waals surface area contributed by atoms with Gasteiger partial charge >= 0.3 is 0 Å². The monoisotopic (exact) mass is 429 g/mol. The van der Waals surface area contributed by atoms with Gasteiger partial charge in [-0.3, -0.25) is 14.2 Å². The fourth-order valence-electron chi connectivity index (χ4n) is 2.71. The molecule has 0 saturated carbocycles. The third-order valence-corrected chi connectivity index (χ3v) is 5.42. The van der Waals surface area contributed by atoms with Gasteiger partial charge in [-0.25, -0.2) is 0 Å². The summed E-state index contributed by atoms with van der Waals surface area (Å²) < 4.78 is 1.43. The van der Waals surface area contributed by atoms with E-state index in [1.54, 1.807) is 31.2 Å². The first-order valence-corrected chi connectivity index (χ1v) is 10.4. The zero-order chi connectivity index (χ0) is 21.0. The second-order valence-electron chi connectivity index (χ2n) is 6.37. The summed E-state index contributed by atoms with van der Waals surface area (Å²) in [6.45, 7) is 3.74. The average Bonchev–Trinajstić information content (AvgIpc) is 2.69. The zero-order valence-electron chi connectivity index (χ0n) is 16.0. The maximum Gasteiger partial charge on any atom is 0.265 e. The molecule has 0 aliphatic rings. The van der Waals surface area contributed by atoms with Crippen molar-refractivity contribution in [3.05, 3.63) is 75.0 Å². The minimum absolute atomic E-state index is 0.0197. The Bertz CT molecular complexity index is 1080. The number of carbonyl (C=O) groups excluding carboxylic acids is 1. The molecule has 2 aromatic carbocycles. The number of thioether (sulfide) groups is 1. The molecule has 2 N–H and O–H groups in total. The fourth-order valence-corrected chi connectivity index (χ4v) is 3.64. The van der Waals surface area contributed by atoms with Gasteiger partial charge in [0.1, 0.15) is 0 Å². The van der Waals surface area contributed by atoms with Gasteiger partial charge in [-0.05, 0) is 49.7 Å². The number of nitrogens with one attached hydrogen (secondary N) is 1. The average molecular weight is 430 g/mol. The number of benzene rings is 2. The van der Waals surface area contributed by atoms with Crippen molar-refractivity contribution in [2.75, 3.05) is 11.1 Å². The molecule has 1 amide bonds. The number of aryl methyl sites for hydroxylation is 1. The van der Waals surface area contributed by atoms with Crippen molar-refractivity contribution in [1.29, 1.82) is 0 Å². The maximum atomic E-state index is 12.9. The van der Waals surface area contributed by atoms with Crippen molar-refractivity contribution in [3.63, 3.8) is 0 Å². The summed E-state index contributed by atoms with van der Waals surface area (Å²) in [5.74, 6) is -0.547. The van der Waals surface area contributed by atoms with Crippen LogP contribution < -0.4 is 10.9 Å². The van der Waals surface area contributed by atoms with Gasteiger partial charge in [0.25, 0.3) is 5.56 Å². The Hall–Kier alpha value is -2.77. The van der Waals surface area contributed by atoms with E-state index in [0.29, 0.717) is 22.8 Å². The third-order valence-electron chi connectivity index (χ3n) is 4.23. The van der Waals surface area contributed by atoms with Crippen LogP contribution in [0.15, 0.2) is 58.5 Å². The smallest absolute Gasteiger partial charge is 0.265 e. The predicted octanol–water partition coefficient (Wildman–Crippen LogP) is 4.19. The molecule has 0 bridgehead atoms. The minimum atomic E-state index is -0.343. The highest BCUT2D eigenvalue weighted by Gasteiger charge is 2.18. The molecule has 3 rings (SSSR count). The van der Waals surface area contributed by atoms with Crippen LogP contribution in [-0.4, -0.2) is 26.3 Å². The highest BCUT2D eigenvalue weighted by Crippen LogP contribution is 2.23. The molecule has 6 nitrogen and oxygen atoms in total. The number of hydrogen-bond acceptors (Lipinski definition) is 5. The van der Waals surface area contributed by atoms with Crippen molar-refractivity contribution in [3.8, 4) is 11.6 Å². The standard InChI is InChI=1S/C21H20ClN3O3S/c1-3-17-19(27)24-21(25(20(17)28)16-10-4-13(2)5-11-16)29-12-18(26)23-15-8-6-14(22)7-9-15/h4-11,27H,3,12H2,1-2H3,(H,23,26). The largest absolute Gasteiger partial charge is 0.493 e. The summed E-state index contributed by atoms with van der Waals surface area (Å²) in [4.78, 5) is 29.4. The number of carbonyl (C=O) groups is 1. The Morgan fingerprint density at radius 1 is 1.17 bits per heavy atom. The van der Waals surface area contributed by atoms with E-state index in [9.17, 15) is 14.7 Å². The molecule has 1 heterocycles. The predicted molar refractivity (Wildman–Crippen MR) is 116 cm³/mol. The lowest BCUT2D eigenvalue weighted by Crippen LogP contribution is -2.25. The summed E-state index contributed by atoms with van der Waals surface area (Å²) in [5.41, 5.74) is 2.20. The number of rotatable bonds is 6. The summed E-state index contributed by atoms with van der Waals surface area (Å²) in [6.07, 6.45) is 0.353. The number of hydrogen-bond donors (Lipinski definition) is 2. The van der Waals surface area contributed by atoms with Crippen molar-refractivity contribution in [2.45, 2.75) is 25.4 Å². The van der Waals surface area contributed by atoms with Crippen molar-refractivity contribution in [2.24, 2.45) is 0 Å². The van der Waals surface area contributed by atoms with Gasteiger partial charge in [-0.15, -0.1) is 0 Å². The van der Waals surface area contributed by atoms with Crippen LogP contribution in [-0.2, 0) is 11.2 Å². The lowest BCUT2D eigenvalue weighted by atomic mass is 10.2. The molecular weight excluding hydrogens is 410 g/mol. The normalized spacial score (nSPS) is 10.7. The van der Waals surface area contributed by atoms with Crippen molar-refractivity contribution in [1.82, 2.24) is 9.55 Å². The number of nitrogens with zero attached hydrogens (tertiary/aromatic N) is 2. The van der Waals surface area contributed by atoms with Crippen LogP contribution in [0.4, 0.5) is 5.69 Å². The lowest BCUT2D eigenvalue weighted by molar-refractivity contribution is -0.113. The van der Waals surface area contributed by atoms with E-state index in [1.807, 2.05) is 31.2 Å². The maximum absolute atomic E-state index is 12.9. The molecule has 150 valence electrons. The first kappa shape index (κ1) is 21.0. The molecular formula is C21H20ClN3O3S. The first-order chi connectivity index (χ1) is 13.9. The molecule has 0 aliphatic carbocycles. The van der Waals surface area contributed by atoms with E-state index in [0.717, 1.165) is 17.3 Å². The first-order valence-electron chi connectivity index (χ1n) is 8.99. The van der Waals surface area contributed by atoms with Crippen LogP contribution in [0, 0.1) is 6.92 Å². The number of aromatic hydroxyl groups is 1. The van der Waals surface area contributed by atoms with Crippen LogP contribution in [0.25, 0.3) is 5.69 Å². The van der Waals surface area contributed by atoms with Crippen LogP contribution in [0.5, 0.6) is 5.88 Å². The fraction of sp³-hybridized carbons (Fsp3) is 0.190. The quantitative estimate of drug-likeness (QED) is 0.453. The molecule has 0 atom stereocenters. The second-order valence-corrected chi connectivity index (χ2v) is 7.75. The van der Waals surface area contributed by atoms with Gasteiger partial charge in [0, 0.05) is 10.7 Å². The summed E-state index contributed by atoms with van der Waals surface area (Å²) in [6, 6.07) is 14.2. The number of aromatic nitrogens is 2. The van der Waals surface area contributed by atoms with Gasteiger partial charge in [0.05, 0.1) is 17.0 Å². The topological polar surface area (TPSA) is 84.2 Å². The Kier molecular flexibility index (Phi) is 6.61. The van der Waals surface area contributed by atoms with Crippen LogP contribution in [0.3, 0.4) is 0 Å². The third kappa shape index (κ3) is 4.99. The molecule has 0 saturated heterocycles. The van der Waals surface area contributed by atoms with Gasteiger partial charge in [-0.2, -0.15) is 4.98 Å². The number of amides is 1. The SMILES string of the molecule is CCc1c(O)nc(SCC(=O)Nc2ccc(Cl)cc2)n(-c2ccc(C)cc2)c1=O. The summed E-state index contributed by atoms with van der Waals surface area (Å²) in [7, 11) is 0. The molecule has 1 aromatic heterocycles. The van der Waals surface area contributed by atoms with E-state index in [-0.39, 0.29) is 33.8 Å². The van der Waals surface area contributed by atoms with Gasteiger partial charge in [0.15, 0.2) is 5.16 Å². The van der Waals surface area contributed by atoms with Gasteiger partial charge in [-0.1, -0.05) is 48.0 Å². The van der Waals surface area contributed by atoms with Crippen molar-refractivity contribution < 1.29 is 9.90 Å². The highest BCUT2D eigenvalue weighted by atomic mass is 35.5. The van der Waals surface area contributed by atoms with E-state index >= 15 is 0 Å². The van der Waals surface area contributed by atoms with Crippen molar-refractivity contribution >= 4 is 35.0 Å². The molecule has 0 unspecified atom stereocenters. The molecule has 0 fully saturated rings. The molecule has 0 radical (unpaired) electrons. The van der Waals surface area contributed by atoms with Gasteiger partial charge < -0.3 is 10.4 Å². The number of halogens is 1. The Morgan fingerprint density at radius 3 is 2.45 bits per heavy atom. The Morgan fingerprint density at radius 2 is 1.83 bits per heavy atom. The molecule has 8 heteroatoms. The molecule has 3 aromatic rings. The lowest BCUT2D eigenvalue weighted by Gasteiger charge is -2.14. The molecule has 29 heavy (non-hydrogen) atoms. The van der Waals surface area contributed by atoms with Crippen LogP contribution >= 0.6 is 23.4 Å². The van der Waals surface area contributed by atoms with E-state index in [1.165, 1.54) is 4.57 Å². The Balaban J connectivity index is 1.87. The van der Waals surface area contributed by atoms with E-state index < -0.39 is 0 Å². The second kappa shape index (κ2) is 9.15.